The molecule has 1 aromatic rings. The third-order valence-electron chi connectivity index (χ3n) is 4.40. The molecule has 0 spiro atoms. The van der Waals surface area contributed by atoms with E-state index in [2.05, 4.69) is 18.7 Å². The molecule has 1 amide bonds. The molecule has 1 aromatic carbocycles. The molecule has 0 aliphatic carbocycles. The van der Waals surface area contributed by atoms with Crippen molar-refractivity contribution in [2.45, 2.75) is 58.5 Å². The Labute approximate surface area is 140 Å². The largest absolute Gasteiger partial charge is 0.336 e. The van der Waals surface area contributed by atoms with Crippen molar-refractivity contribution in [2.24, 2.45) is 11.7 Å². The van der Waals surface area contributed by atoms with E-state index >= 15 is 0 Å². The molecule has 1 saturated heterocycles. The van der Waals surface area contributed by atoms with E-state index in [1.54, 1.807) is 0 Å². The summed E-state index contributed by atoms with van der Waals surface area (Å²) in [5.74, 6) is 0.889. The van der Waals surface area contributed by atoms with Crippen molar-refractivity contribution in [2.75, 3.05) is 6.54 Å². The van der Waals surface area contributed by atoms with Gasteiger partial charge in [0.2, 0.25) is 0 Å². The van der Waals surface area contributed by atoms with E-state index in [4.69, 9.17) is 5.73 Å². The van der Waals surface area contributed by atoms with Gasteiger partial charge < -0.3 is 10.6 Å². The van der Waals surface area contributed by atoms with Crippen LogP contribution < -0.4 is 5.73 Å². The molecule has 1 aliphatic heterocycles. The van der Waals surface area contributed by atoms with Crippen molar-refractivity contribution in [3.05, 3.63) is 35.4 Å². The quantitative estimate of drug-likeness (QED) is 0.889. The number of carbonyl (C=O) groups is 1. The summed E-state index contributed by atoms with van der Waals surface area (Å²) in [5, 5.41) is 0. The average molecular weight is 325 g/mol. The zero-order valence-electron chi connectivity index (χ0n) is 13.8. The fourth-order valence-corrected chi connectivity index (χ4v) is 3.04. The van der Waals surface area contributed by atoms with E-state index in [1.807, 2.05) is 24.3 Å². The normalized spacial score (nSPS) is 18.2. The van der Waals surface area contributed by atoms with Crippen molar-refractivity contribution in [1.82, 2.24) is 4.90 Å². The number of amides is 1. The molecule has 0 bridgehead atoms. The molecule has 0 saturated carbocycles. The number of nitrogens with zero attached hydrogens (tertiary/aromatic N) is 1. The van der Waals surface area contributed by atoms with Gasteiger partial charge in [-0.2, -0.15) is 0 Å². The van der Waals surface area contributed by atoms with Crippen LogP contribution in [-0.4, -0.2) is 23.4 Å². The van der Waals surface area contributed by atoms with Crippen molar-refractivity contribution in [1.29, 1.82) is 0 Å². The lowest BCUT2D eigenvalue weighted by molar-refractivity contribution is 0.0594. The Morgan fingerprint density at radius 2 is 1.95 bits per heavy atom. The maximum absolute atomic E-state index is 12.7. The molecule has 1 fully saturated rings. The van der Waals surface area contributed by atoms with Gasteiger partial charge in [-0.15, -0.1) is 12.4 Å². The minimum Gasteiger partial charge on any atom is -0.336 e. The SMILES string of the molecule is CC(C)CCC1CCCCN1C(=O)c1ccc(CN)cc1.Cl. The maximum Gasteiger partial charge on any atom is 0.254 e. The summed E-state index contributed by atoms with van der Waals surface area (Å²) in [7, 11) is 0. The number of carbonyl (C=O) groups excluding carboxylic acids is 1. The summed E-state index contributed by atoms with van der Waals surface area (Å²) >= 11 is 0. The first-order valence-corrected chi connectivity index (χ1v) is 8.21. The van der Waals surface area contributed by atoms with E-state index in [1.165, 1.54) is 12.8 Å². The van der Waals surface area contributed by atoms with Gasteiger partial charge in [-0.05, 0) is 55.7 Å². The minimum atomic E-state index is 0. The van der Waals surface area contributed by atoms with Gasteiger partial charge in [0, 0.05) is 24.7 Å². The summed E-state index contributed by atoms with van der Waals surface area (Å²) in [4.78, 5) is 14.8. The Kier molecular flexibility index (Phi) is 7.91. The van der Waals surface area contributed by atoms with Gasteiger partial charge in [0.25, 0.3) is 5.91 Å². The second-order valence-electron chi connectivity index (χ2n) is 6.52. The fourth-order valence-electron chi connectivity index (χ4n) is 3.04. The molecule has 4 heteroatoms. The highest BCUT2D eigenvalue weighted by Crippen LogP contribution is 2.24. The fraction of sp³-hybridized carbons (Fsp3) is 0.611. The Hall–Kier alpha value is -1.06. The van der Waals surface area contributed by atoms with Crippen molar-refractivity contribution in [3.8, 4) is 0 Å². The summed E-state index contributed by atoms with van der Waals surface area (Å²) in [6, 6.07) is 8.17. The average Bonchev–Trinajstić information content (AvgIpc) is 2.52. The van der Waals surface area contributed by atoms with Crippen LogP contribution in [0.3, 0.4) is 0 Å². The van der Waals surface area contributed by atoms with Crippen LogP contribution in [0.4, 0.5) is 0 Å². The molecule has 0 aromatic heterocycles. The highest BCUT2D eigenvalue weighted by atomic mass is 35.5. The predicted molar refractivity (Wildman–Crippen MR) is 94.3 cm³/mol. The highest BCUT2D eigenvalue weighted by molar-refractivity contribution is 5.94. The van der Waals surface area contributed by atoms with Gasteiger partial charge in [-0.1, -0.05) is 26.0 Å². The van der Waals surface area contributed by atoms with Crippen molar-refractivity contribution >= 4 is 18.3 Å². The molecule has 2 N–H and O–H groups in total. The smallest absolute Gasteiger partial charge is 0.254 e. The molecule has 1 heterocycles. The first kappa shape index (κ1) is 19.0. The van der Waals surface area contributed by atoms with Crippen LogP contribution in [0.25, 0.3) is 0 Å². The van der Waals surface area contributed by atoms with Gasteiger partial charge in [0.1, 0.15) is 0 Å². The van der Waals surface area contributed by atoms with E-state index in [0.29, 0.717) is 18.5 Å². The van der Waals surface area contributed by atoms with Gasteiger partial charge in [0.05, 0.1) is 0 Å². The van der Waals surface area contributed by atoms with E-state index < -0.39 is 0 Å². The number of likely N-dealkylation sites (tertiary alicyclic amines) is 1. The van der Waals surface area contributed by atoms with Gasteiger partial charge in [-0.25, -0.2) is 0 Å². The number of rotatable bonds is 5. The van der Waals surface area contributed by atoms with Crippen molar-refractivity contribution < 1.29 is 4.79 Å². The molecule has 0 radical (unpaired) electrons. The second kappa shape index (κ2) is 9.16. The number of piperidine rings is 1. The number of nitrogens with two attached hydrogens (primary N) is 1. The summed E-state index contributed by atoms with van der Waals surface area (Å²) < 4.78 is 0. The Morgan fingerprint density at radius 3 is 2.55 bits per heavy atom. The minimum absolute atomic E-state index is 0. The molecule has 3 nitrogen and oxygen atoms in total. The Balaban J connectivity index is 0.00000242. The highest BCUT2D eigenvalue weighted by Gasteiger charge is 2.27. The van der Waals surface area contributed by atoms with Crippen LogP contribution in [-0.2, 0) is 6.54 Å². The number of benzene rings is 1. The molecule has 1 aliphatic rings. The Morgan fingerprint density at radius 1 is 1.27 bits per heavy atom. The third kappa shape index (κ3) is 4.99. The standard InChI is InChI=1S/C18H28N2O.ClH/c1-14(2)6-11-17-5-3-4-12-20(17)18(21)16-9-7-15(13-19)8-10-16;/h7-10,14,17H,3-6,11-13,19H2,1-2H3;1H. The van der Waals surface area contributed by atoms with Crippen LogP contribution in [0.2, 0.25) is 0 Å². The van der Waals surface area contributed by atoms with Gasteiger partial charge in [-0.3, -0.25) is 4.79 Å². The molecular weight excluding hydrogens is 296 g/mol. The summed E-state index contributed by atoms with van der Waals surface area (Å²) in [6.45, 7) is 5.93. The van der Waals surface area contributed by atoms with Gasteiger partial charge in [0.15, 0.2) is 0 Å². The maximum atomic E-state index is 12.7. The van der Waals surface area contributed by atoms with Gasteiger partial charge >= 0.3 is 0 Å². The lowest BCUT2D eigenvalue weighted by atomic mass is 9.94. The van der Waals surface area contributed by atoms with E-state index in [0.717, 1.165) is 36.9 Å². The predicted octanol–water partition coefficient (Wildman–Crippen LogP) is 4.00. The lowest BCUT2D eigenvalue weighted by Gasteiger charge is -2.36. The first-order chi connectivity index (χ1) is 10.1. The van der Waals surface area contributed by atoms with Crippen LogP contribution in [0.15, 0.2) is 24.3 Å². The van der Waals surface area contributed by atoms with Crippen LogP contribution >= 0.6 is 12.4 Å². The second-order valence-corrected chi connectivity index (χ2v) is 6.52. The molecule has 1 unspecified atom stereocenters. The van der Waals surface area contributed by atoms with Crippen LogP contribution in [0, 0.1) is 5.92 Å². The molecule has 22 heavy (non-hydrogen) atoms. The molecule has 2 rings (SSSR count). The monoisotopic (exact) mass is 324 g/mol. The first-order valence-electron chi connectivity index (χ1n) is 8.21. The zero-order valence-corrected chi connectivity index (χ0v) is 14.6. The zero-order chi connectivity index (χ0) is 15.2. The number of halogens is 1. The molecule has 1 atom stereocenters. The number of hydrogen-bond acceptors (Lipinski definition) is 2. The van der Waals surface area contributed by atoms with E-state index in [-0.39, 0.29) is 18.3 Å². The molecule has 124 valence electrons. The van der Waals surface area contributed by atoms with Crippen LogP contribution in [0.5, 0.6) is 0 Å². The summed E-state index contributed by atoms with van der Waals surface area (Å²) in [5.41, 5.74) is 7.48. The Bertz CT molecular complexity index is 459. The third-order valence-corrected chi connectivity index (χ3v) is 4.40. The van der Waals surface area contributed by atoms with Crippen LogP contribution in [0.1, 0.15) is 61.9 Å². The van der Waals surface area contributed by atoms with Crippen molar-refractivity contribution in [3.63, 3.8) is 0 Å². The number of hydrogen-bond donors (Lipinski definition) is 1. The summed E-state index contributed by atoms with van der Waals surface area (Å²) in [6.07, 6.45) is 5.85. The topological polar surface area (TPSA) is 46.3 Å². The molecular formula is C18H29ClN2O. The van der Waals surface area contributed by atoms with E-state index in [9.17, 15) is 4.79 Å². The lowest BCUT2D eigenvalue weighted by Crippen LogP contribution is -2.43.